The third-order valence-corrected chi connectivity index (χ3v) is 6.03. The third kappa shape index (κ3) is 4.11. The highest BCUT2D eigenvalue weighted by molar-refractivity contribution is 6.00. The molecular weight excluding hydrogens is 383 g/mol. The normalized spacial score (nSPS) is 22.3. The Morgan fingerprint density at radius 2 is 1.79 bits per heavy atom. The zero-order valence-electron chi connectivity index (χ0n) is 16.3. The molecule has 2 aromatic rings. The molecule has 1 aromatic carbocycles. The van der Waals surface area contributed by atoms with Crippen molar-refractivity contribution >= 4 is 5.91 Å². The van der Waals surface area contributed by atoms with Crippen LogP contribution in [0.25, 0.3) is 11.3 Å². The highest BCUT2D eigenvalue weighted by atomic mass is 19.4. The number of benzene rings is 1. The van der Waals surface area contributed by atoms with Crippen LogP contribution in [0.2, 0.25) is 0 Å². The summed E-state index contributed by atoms with van der Waals surface area (Å²) < 4.78 is 42.7. The molecule has 1 aliphatic heterocycles. The standard InChI is InChI=1S/C21H24F3N3O2/c1-26-19(15-8-10-16(11-9-15)29-21(22,23)24)17(13-25-26)20(28)27-12-4-6-14-5-2-3-7-18(14)27/h8-11,13-14,18H,2-7,12H2,1H3. The van der Waals surface area contributed by atoms with E-state index < -0.39 is 6.36 Å². The van der Waals surface area contributed by atoms with Crippen molar-refractivity contribution in [3.8, 4) is 17.0 Å². The number of halogens is 3. The summed E-state index contributed by atoms with van der Waals surface area (Å²) in [5.41, 5.74) is 1.72. The number of rotatable bonds is 3. The number of alkyl halides is 3. The van der Waals surface area contributed by atoms with Gasteiger partial charge < -0.3 is 9.64 Å². The average Bonchev–Trinajstić information content (AvgIpc) is 3.08. The van der Waals surface area contributed by atoms with Crippen molar-refractivity contribution in [3.05, 3.63) is 36.0 Å². The van der Waals surface area contributed by atoms with Crippen molar-refractivity contribution in [2.75, 3.05) is 6.54 Å². The molecule has 0 spiro atoms. The van der Waals surface area contributed by atoms with E-state index in [1.165, 1.54) is 43.5 Å². The van der Waals surface area contributed by atoms with E-state index in [2.05, 4.69) is 9.84 Å². The van der Waals surface area contributed by atoms with Gasteiger partial charge in [0, 0.05) is 25.2 Å². The van der Waals surface area contributed by atoms with E-state index in [4.69, 9.17) is 0 Å². The minimum absolute atomic E-state index is 0.0414. The van der Waals surface area contributed by atoms with E-state index in [1.54, 1.807) is 17.9 Å². The maximum atomic E-state index is 13.4. The van der Waals surface area contributed by atoms with Crippen LogP contribution in [0.5, 0.6) is 5.75 Å². The molecule has 1 aliphatic carbocycles. The number of ether oxygens (including phenoxy) is 1. The van der Waals surface area contributed by atoms with Crippen LogP contribution in [0.15, 0.2) is 30.5 Å². The van der Waals surface area contributed by atoms with Crippen molar-refractivity contribution in [2.24, 2.45) is 13.0 Å². The first kappa shape index (κ1) is 19.8. The van der Waals surface area contributed by atoms with Crippen molar-refractivity contribution in [2.45, 2.75) is 50.9 Å². The number of amides is 1. The monoisotopic (exact) mass is 407 g/mol. The van der Waals surface area contributed by atoms with Crippen LogP contribution in [-0.2, 0) is 7.05 Å². The summed E-state index contributed by atoms with van der Waals surface area (Å²) >= 11 is 0. The molecule has 2 heterocycles. The van der Waals surface area contributed by atoms with Crippen LogP contribution in [0.3, 0.4) is 0 Å². The number of fused-ring (bicyclic) bond motifs is 1. The van der Waals surface area contributed by atoms with Crippen LogP contribution in [0, 0.1) is 5.92 Å². The lowest BCUT2D eigenvalue weighted by molar-refractivity contribution is -0.274. The number of nitrogens with zero attached hydrogens (tertiary/aromatic N) is 3. The number of piperidine rings is 1. The number of likely N-dealkylation sites (tertiary alicyclic amines) is 1. The zero-order chi connectivity index (χ0) is 20.6. The summed E-state index contributed by atoms with van der Waals surface area (Å²) in [6.07, 6.45) is 3.59. The Morgan fingerprint density at radius 1 is 1.10 bits per heavy atom. The topological polar surface area (TPSA) is 47.4 Å². The molecule has 1 amide bonds. The van der Waals surface area contributed by atoms with Gasteiger partial charge in [0.25, 0.3) is 5.91 Å². The lowest BCUT2D eigenvalue weighted by Gasteiger charge is -2.44. The minimum atomic E-state index is -4.74. The first-order valence-corrected chi connectivity index (χ1v) is 10.0. The van der Waals surface area contributed by atoms with Crippen molar-refractivity contribution < 1.29 is 22.7 Å². The van der Waals surface area contributed by atoms with Gasteiger partial charge >= 0.3 is 6.36 Å². The number of carbonyl (C=O) groups is 1. The van der Waals surface area contributed by atoms with E-state index in [-0.39, 0.29) is 17.7 Å². The number of aryl methyl sites for hydroxylation is 1. The molecule has 1 saturated heterocycles. The highest BCUT2D eigenvalue weighted by Gasteiger charge is 2.37. The van der Waals surface area contributed by atoms with Crippen LogP contribution >= 0.6 is 0 Å². The summed E-state index contributed by atoms with van der Waals surface area (Å²) in [7, 11) is 1.73. The Bertz CT molecular complexity index is 874. The summed E-state index contributed by atoms with van der Waals surface area (Å²) in [6.45, 7) is 0.743. The number of aromatic nitrogens is 2. The zero-order valence-corrected chi connectivity index (χ0v) is 16.3. The van der Waals surface area contributed by atoms with Gasteiger partial charge in [-0.2, -0.15) is 5.10 Å². The van der Waals surface area contributed by atoms with E-state index in [9.17, 15) is 18.0 Å². The second kappa shape index (κ2) is 7.72. The molecule has 1 aromatic heterocycles. The van der Waals surface area contributed by atoms with Gasteiger partial charge in [-0.3, -0.25) is 9.48 Å². The van der Waals surface area contributed by atoms with Crippen LogP contribution in [-0.4, -0.2) is 39.5 Å². The molecule has 2 aliphatic rings. The highest BCUT2D eigenvalue weighted by Crippen LogP contribution is 2.37. The van der Waals surface area contributed by atoms with Crippen LogP contribution in [0.4, 0.5) is 13.2 Å². The second-order valence-corrected chi connectivity index (χ2v) is 7.86. The fraction of sp³-hybridized carbons (Fsp3) is 0.524. The fourth-order valence-corrected chi connectivity index (χ4v) is 4.78. The molecule has 8 heteroatoms. The maximum Gasteiger partial charge on any atom is 0.573 e. The van der Waals surface area contributed by atoms with E-state index >= 15 is 0 Å². The predicted octanol–water partition coefficient (Wildman–Crippen LogP) is 4.78. The van der Waals surface area contributed by atoms with E-state index in [0.29, 0.717) is 22.7 Å². The van der Waals surface area contributed by atoms with Gasteiger partial charge in [0.15, 0.2) is 0 Å². The van der Waals surface area contributed by atoms with Gasteiger partial charge in [-0.1, -0.05) is 12.8 Å². The smallest absolute Gasteiger partial charge is 0.406 e. The lowest BCUT2D eigenvalue weighted by atomic mass is 9.78. The van der Waals surface area contributed by atoms with Crippen molar-refractivity contribution in [3.63, 3.8) is 0 Å². The van der Waals surface area contributed by atoms with Gasteiger partial charge in [-0.15, -0.1) is 13.2 Å². The second-order valence-electron chi connectivity index (χ2n) is 7.86. The molecule has 4 rings (SSSR count). The molecule has 0 bridgehead atoms. The van der Waals surface area contributed by atoms with E-state index in [1.807, 2.05) is 4.90 Å². The third-order valence-electron chi connectivity index (χ3n) is 6.03. The van der Waals surface area contributed by atoms with Crippen molar-refractivity contribution in [1.82, 2.24) is 14.7 Å². The molecular formula is C21H24F3N3O2. The molecule has 0 N–H and O–H groups in total. The minimum Gasteiger partial charge on any atom is -0.406 e. The molecule has 2 fully saturated rings. The Morgan fingerprint density at radius 3 is 2.52 bits per heavy atom. The Labute approximate surface area is 167 Å². The van der Waals surface area contributed by atoms with Crippen LogP contribution < -0.4 is 4.74 Å². The van der Waals surface area contributed by atoms with Gasteiger partial charge in [-0.25, -0.2) is 0 Å². The molecule has 1 saturated carbocycles. The molecule has 0 radical (unpaired) electrons. The summed E-state index contributed by atoms with van der Waals surface area (Å²) in [6, 6.07) is 5.83. The van der Waals surface area contributed by atoms with Crippen molar-refractivity contribution in [1.29, 1.82) is 0 Å². The molecule has 2 atom stereocenters. The van der Waals surface area contributed by atoms with Gasteiger partial charge in [0.1, 0.15) is 5.75 Å². The quantitative estimate of drug-likeness (QED) is 0.736. The summed E-state index contributed by atoms with van der Waals surface area (Å²) in [5.74, 6) is 0.234. The SMILES string of the molecule is Cn1ncc(C(=O)N2CCCC3CCCCC32)c1-c1ccc(OC(F)(F)F)cc1. The largest absolute Gasteiger partial charge is 0.573 e. The van der Waals surface area contributed by atoms with Crippen LogP contribution in [0.1, 0.15) is 48.9 Å². The molecule has 29 heavy (non-hydrogen) atoms. The maximum absolute atomic E-state index is 13.4. The first-order chi connectivity index (χ1) is 13.8. The van der Waals surface area contributed by atoms with Gasteiger partial charge in [0.05, 0.1) is 17.5 Å². The Hall–Kier alpha value is -2.51. The number of carbonyl (C=O) groups excluding carboxylic acids is 1. The lowest BCUT2D eigenvalue weighted by Crippen LogP contribution is -2.49. The van der Waals surface area contributed by atoms with E-state index in [0.717, 1.165) is 25.8 Å². The summed E-state index contributed by atoms with van der Waals surface area (Å²) in [4.78, 5) is 15.4. The predicted molar refractivity (Wildman–Crippen MR) is 101 cm³/mol. The first-order valence-electron chi connectivity index (χ1n) is 10.0. The number of hydrogen-bond donors (Lipinski definition) is 0. The molecule has 5 nitrogen and oxygen atoms in total. The Balaban J connectivity index is 1.61. The number of hydrogen-bond acceptors (Lipinski definition) is 3. The molecule has 156 valence electrons. The fourth-order valence-electron chi connectivity index (χ4n) is 4.78. The average molecular weight is 407 g/mol. The summed E-state index contributed by atoms with van der Waals surface area (Å²) in [5, 5.41) is 4.25. The van der Waals surface area contributed by atoms with Gasteiger partial charge in [-0.05, 0) is 55.9 Å². The Kier molecular flexibility index (Phi) is 5.27. The molecule has 2 unspecified atom stereocenters. The van der Waals surface area contributed by atoms with Gasteiger partial charge in [0.2, 0.25) is 0 Å².